The molecule has 10 heteroatoms. The van der Waals surface area contributed by atoms with Gasteiger partial charge in [-0.05, 0) is 48.2 Å². The highest BCUT2D eigenvalue weighted by molar-refractivity contribution is 5.78. The van der Waals surface area contributed by atoms with Crippen molar-refractivity contribution in [3.05, 3.63) is 81.8 Å². The number of amides is 1. The molecule has 32 heavy (non-hydrogen) atoms. The zero-order valence-electron chi connectivity index (χ0n) is 17.2. The first-order valence-corrected chi connectivity index (χ1v) is 10.3. The van der Waals surface area contributed by atoms with E-state index < -0.39 is 11.7 Å². The summed E-state index contributed by atoms with van der Waals surface area (Å²) in [7, 11) is 0. The van der Waals surface area contributed by atoms with Crippen molar-refractivity contribution >= 4 is 5.91 Å². The number of alkyl halides is 3. The first-order valence-electron chi connectivity index (χ1n) is 10.3. The number of hydrogen-bond acceptors (Lipinski definition) is 4. The number of nitrogens with one attached hydrogen (secondary N) is 1. The highest BCUT2D eigenvalue weighted by Crippen LogP contribution is 2.29. The van der Waals surface area contributed by atoms with Gasteiger partial charge in [-0.25, -0.2) is 9.48 Å². The minimum absolute atomic E-state index is 0.150. The quantitative estimate of drug-likeness (QED) is 0.655. The van der Waals surface area contributed by atoms with Crippen LogP contribution in [0.5, 0.6) is 0 Å². The van der Waals surface area contributed by atoms with E-state index in [4.69, 9.17) is 0 Å². The maximum Gasteiger partial charge on any atom is 0.416 e. The SMILES string of the molecule is O=C(NCc1ccc(C(F)(F)F)cc1)C1CCc2nn(Cc3ccncc3)c(=O)n2CC1. The second kappa shape index (κ2) is 8.97. The Kier molecular flexibility index (Phi) is 6.11. The predicted octanol–water partition coefficient (Wildman–Crippen LogP) is 2.78. The molecule has 0 fully saturated rings. The minimum atomic E-state index is -4.39. The zero-order valence-corrected chi connectivity index (χ0v) is 17.2. The molecule has 1 unspecified atom stereocenters. The number of benzene rings is 1. The first kappa shape index (κ1) is 21.8. The van der Waals surface area contributed by atoms with Gasteiger partial charge in [-0.3, -0.25) is 14.3 Å². The molecule has 1 N–H and O–H groups in total. The number of aromatic nitrogens is 4. The molecule has 1 aliphatic heterocycles. The van der Waals surface area contributed by atoms with Gasteiger partial charge in [0.2, 0.25) is 5.91 Å². The van der Waals surface area contributed by atoms with Crippen LogP contribution in [0.1, 0.15) is 35.4 Å². The van der Waals surface area contributed by atoms with Gasteiger partial charge in [-0.1, -0.05) is 12.1 Å². The molecule has 0 saturated heterocycles. The smallest absolute Gasteiger partial charge is 0.352 e. The molecule has 7 nitrogen and oxygen atoms in total. The number of rotatable bonds is 5. The van der Waals surface area contributed by atoms with Crippen LogP contribution in [0.15, 0.2) is 53.6 Å². The Morgan fingerprint density at radius 3 is 2.47 bits per heavy atom. The number of fused-ring (bicyclic) bond motifs is 1. The van der Waals surface area contributed by atoms with Gasteiger partial charge >= 0.3 is 11.9 Å². The molecule has 1 atom stereocenters. The Morgan fingerprint density at radius 2 is 1.78 bits per heavy atom. The lowest BCUT2D eigenvalue weighted by molar-refractivity contribution is -0.137. The third-order valence-electron chi connectivity index (χ3n) is 5.62. The molecule has 2 aromatic heterocycles. The topological polar surface area (TPSA) is 81.8 Å². The Hall–Kier alpha value is -3.43. The van der Waals surface area contributed by atoms with E-state index in [1.54, 1.807) is 17.0 Å². The monoisotopic (exact) mass is 445 g/mol. The number of carbonyl (C=O) groups excluding carboxylic acids is 1. The summed E-state index contributed by atoms with van der Waals surface area (Å²) in [6, 6.07) is 8.38. The second-order valence-electron chi connectivity index (χ2n) is 7.80. The summed E-state index contributed by atoms with van der Waals surface area (Å²) in [5.74, 6) is 0.189. The lowest BCUT2D eigenvalue weighted by Gasteiger charge is -2.14. The molecular weight excluding hydrogens is 423 g/mol. The average molecular weight is 445 g/mol. The summed E-state index contributed by atoms with van der Waals surface area (Å²) in [6.45, 7) is 0.901. The van der Waals surface area contributed by atoms with Crippen molar-refractivity contribution in [2.45, 2.75) is 45.1 Å². The fraction of sp³-hybridized carbons (Fsp3) is 0.364. The molecule has 0 saturated carbocycles. The molecule has 0 radical (unpaired) electrons. The van der Waals surface area contributed by atoms with Gasteiger partial charge in [0.25, 0.3) is 0 Å². The Morgan fingerprint density at radius 1 is 1.06 bits per heavy atom. The highest BCUT2D eigenvalue weighted by atomic mass is 19.4. The second-order valence-corrected chi connectivity index (χ2v) is 7.80. The summed E-state index contributed by atoms with van der Waals surface area (Å²) in [4.78, 5) is 29.3. The fourth-order valence-electron chi connectivity index (χ4n) is 3.80. The van der Waals surface area contributed by atoms with E-state index >= 15 is 0 Å². The number of pyridine rings is 1. The van der Waals surface area contributed by atoms with E-state index in [0.717, 1.165) is 17.7 Å². The van der Waals surface area contributed by atoms with E-state index in [1.165, 1.54) is 16.8 Å². The Balaban J connectivity index is 1.34. The number of carbonyl (C=O) groups is 1. The van der Waals surface area contributed by atoms with Gasteiger partial charge < -0.3 is 5.32 Å². The van der Waals surface area contributed by atoms with Crippen molar-refractivity contribution in [2.24, 2.45) is 5.92 Å². The minimum Gasteiger partial charge on any atom is -0.352 e. The van der Waals surface area contributed by atoms with Gasteiger partial charge in [0.1, 0.15) is 5.82 Å². The van der Waals surface area contributed by atoms with Crippen LogP contribution in [0.3, 0.4) is 0 Å². The number of hydrogen-bond donors (Lipinski definition) is 1. The summed E-state index contributed by atoms with van der Waals surface area (Å²) in [6.07, 6.45) is 0.475. The van der Waals surface area contributed by atoms with Crippen molar-refractivity contribution in [3.63, 3.8) is 0 Å². The van der Waals surface area contributed by atoms with E-state index in [-0.39, 0.29) is 24.1 Å². The molecule has 0 spiro atoms. The lowest BCUT2D eigenvalue weighted by Crippen LogP contribution is -2.31. The third-order valence-corrected chi connectivity index (χ3v) is 5.62. The van der Waals surface area contributed by atoms with E-state index in [0.29, 0.717) is 43.7 Å². The maximum atomic E-state index is 12.7. The molecular formula is C22H22F3N5O2. The summed E-state index contributed by atoms with van der Waals surface area (Å²) in [5, 5.41) is 7.24. The van der Waals surface area contributed by atoms with Gasteiger partial charge in [-0.15, -0.1) is 0 Å². The van der Waals surface area contributed by atoms with Crippen LogP contribution in [0, 0.1) is 5.92 Å². The fourth-order valence-corrected chi connectivity index (χ4v) is 3.80. The van der Waals surface area contributed by atoms with Crippen LogP contribution in [0.25, 0.3) is 0 Å². The van der Waals surface area contributed by atoms with Gasteiger partial charge in [0.05, 0.1) is 12.1 Å². The van der Waals surface area contributed by atoms with Crippen molar-refractivity contribution in [2.75, 3.05) is 0 Å². The summed E-state index contributed by atoms with van der Waals surface area (Å²) < 4.78 is 41.0. The van der Waals surface area contributed by atoms with Crippen LogP contribution in [-0.2, 0) is 37.0 Å². The predicted molar refractivity (Wildman–Crippen MR) is 110 cm³/mol. The van der Waals surface area contributed by atoms with Gasteiger partial charge in [-0.2, -0.15) is 18.3 Å². The van der Waals surface area contributed by atoms with Crippen molar-refractivity contribution in [3.8, 4) is 0 Å². The van der Waals surface area contributed by atoms with Crippen molar-refractivity contribution in [1.82, 2.24) is 24.6 Å². The lowest BCUT2D eigenvalue weighted by atomic mass is 9.99. The van der Waals surface area contributed by atoms with Crippen LogP contribution in [-0.4, -0.2) is 25.2 Å². The molecule has 0 aliphatic carbocycles. The number of aryl methyl sites for hydroxylation is 1. The van der Waals surface area contributed by atoms with Crippen LogP contribution in [0.2, 0.25) is 0 Å². The molecule has 3 aromatic rings. The van der Waals surface area contributed by atoms with Crippen LogP contribution in [0.4, 0.5) is 13.2 Å². The number of nitrogens with zero attached hydrogens (tertiary/aromatic N) is 4. The van der Waals surface area contributed by atoms with E-state index in [2.05, 4.69) is 15.4 Å². The number of halogens is 3. The normalized spacial score (nSPS) is 16.3. The van der Waals surface area contributed by atoms with Crippen molar-refractivity contribution < 1.29 is 18.0 Å². The Bertz CT molecular complexity index is 1140. The van der Waals surface area contributed by atoms with Gasteiger partial charge in [0.15, 0.2) is 0 Å². The molecule has 4 rings (SSSR count). The summed E-state index contributed by atoms with van der Waals surface area (Å²) in [5.41, 5.74) is 0.589. The van der Waals surface area contributed by atoms with Gasteiger partial charge in [0, 0.05) is 37.8 Å². The summed E-state index contributed by atoms with van der Waals surface area (Å²) >= 11 is 0. The zero-order chi connectivity index (χ0) is 22.7. The molecule has 0 bridgehead atoms. The largest absolute Gasteiger partial charge is 0.416 e. The van der Waals surface area contributed by atoms with Crippen molar-refractivity contribution in [1.29, 1.82) is 0 Å². The molecule has 3 heterocycles. The molecule has 168 valence electrons. The first-order chi connectivity index (χ1) is 15.3. The van der Waals surface area contributed by atoms with E-state index in [1.807, 2.05) is 12.1 Å². The molecule has 1 aliphatic rings. The third kappa shape index (κ3) is 4.90. The Labute approximate surface area is 181 Å². The van der Waals surface area contributed by atoms with Crippen LogP contribution >= 0.6 is 0 Å². The average Bonchev–Trinajstić information content (AvgIpc) is 2.94. The standard InChI is InChI=1S/C22H22F3N5O2/c23-22(24,25)18-4-1-15(2-5-18)13-27-20(31)17-3-6-19-28-30(21(32)29(19)12-9-17)14-16-7-10-26-11-8-16/h1-2,4-5,7-8,10-11,17H,3,6,9,12-14H2,(H,27,31). The molecule has 1 aromatic carbocycles. The molecule has 1 amide bonds. The van der Waals surface area contributed by atoms with Crippen LogP contribution < -0.4 is 11.0 Å². The highest BCUT2D eigenvalue weighted by Gasteiger charge is 2.30. The van der Waals surface area contributed by atoms with E-state index in [9.17, 15) is 22.8 Å². The maximum absolute atomic E-state index is 12.7.